The van der Waals surface area contributed by atoms with Crippen molar-refractivity contribution in [3.8, 4) is 0 Å². The molecule has 0 saturated heterocycles. The predicted molar refractivity (Wildman–Crippen MR) is 97.8 cm³/mol. The second-order valence-electron chi connectivity index (χ2n) is 8.51. The third kappa shape index (κ3) is 3.47. The number of nitrogens with one attached hydrogen (secondary N) is 2. The minimum absolute atomic E-state index is 0.0711. The molecule has 2 bridgehead atoms. The Hall–Kier alpha value is -2.31. The number of carbonyl (C=O) groups is 3. The molecule has 148 valence electrons. The average Bonchev–Trinajstić information content (AvgIpc) is 3.26. The molecule has 1 aromatic heterocycles. The van der Waals surface area contributed by atoms with Crippen molar-refractivity contribution >= 4 is 17.8 Å². The summed E-state index contributed by atoms with van der Waals surface area (Å²) in [6, 6.07) is 2.31. The molecule has 0 unspecified atom stereocenters. The van der Waals surface area contributed by atoms with Crippen LogP contribution >= 0.6 is 0 Å². The summed E-state index contributed by atoms with van der Waals surface area (Å²) in [7, 11) is 0. The van der Waals surface area contributed by atoms with Crippen molar-refractivity contribution in [3.05, 3.63) is 24.2 Å². The molecule has 1 heterocycles. The first-order chi connectivity index (χ1) is 12.6. The van der Waals surface area contributed by atoms with Gasteiger partial charge in [-0.1, -0.05) is 20.8 Å². The molecule has 0 radical (unpaired) electrons. The number of esters is 1. The van der Waals surface area contributed by atoms with Crippen LogP contribution in [0.1, 0.15) is 57.5 Å². The summed E-state index contributed by atoms with van der Waals surface area (Å²) in [4.78, 5) is 36.2. The van der Waals surface area contributed by atoms with Crippen LogP contribution in [0.5, 0.6) is 0 Å². The van der Waals surface area contributed by atoms with Crippen molar-refractivity contribution in [2.75, 3.05) is 6.61 Å². The minimum atomic E-state index is -0.880. The van der Waals surface area contributed by atoms with Gasteiger partial charge in [0.2, 0.25) is 0 Å². The van der Waals surface area contributed by atoms with E-state index in [1.807, 2.05) is 0 Å². The maximum absolute atomic E-state index is 12.3. The van der Waals surface area contributed by atoms with E-state index < -0.39 is 17.9 Å². The average molecular weight is 376 g/mol. The summed E-state index contributed by atoms with van der Waals surface area (Å²) >= 11 is 0. The second-order valence-corrected chi connectivity index (χ2v) is 8.51. The molecule has 0 aliphatic heterocycles. The third-order valence-electron chi connectivity index (χ3n) is 6.92. The maximum atomic E-state index is 12.3. The molecular weight excluding hydrogens is 348 g/mol. The topological polar surface area (TPSA) is 97.6 Å². The Labute approximate surface area is 159 Å². The van der Waals surface area contributed by atoms with E-state index in [4.69, 9.17) is 9.15 Å². The summed E-state index contributed by atoms with van der Waals surface area (Å²) in [5, 5.41) is 5.52. The summed E-state index contributed by atoms with van der Waals surface area (Å²) in [6.45, 7) is 7.95. The maximum Gasteiger partial charge on any atom is 0.328 e. The van der Waals surface area contributed by atoms with E-state index in [1.165, 1.54) is 25.7 Å². The lowest BCUT2D eigenvalue weighted by Gasteiger charge is -2.39. The van der Waals surface area contributed by atoms with Crippen LogP contribution in [-0.4, -0.2) is 36.5 Å². The number of carbonyl (C=O) groups excluding carboxylic acids is 3. The molecular formula is C20H28N2O5. The van der Waals surface area contributed by atoms with Crippen LogP contribution in [0.2, 0.25) is 0 Å². The summed E-state index contributed by atoms with van der Waals surface area (Å²) in [5.41, 5.74) is 0.272. The molecule has 27 heavy (non-hydrogen) atoms. The Morgan fingerprint density at radius 2 is 2.07 bits per heavy atom. The first-order valence-corrected chi connectivity index (χ1v) is 9.45. The van der Waals surface area contributed by atoms with Crippen molar-refractivity contribution in [1.82, 2.24) is 10.6 Å². The zero-order valence-corrected chi connectivity index (χ0v) is 16.3. The van der Waals surface area contributed by atoms with E-state index in [2.05, 4.69) is 31.4 Å². The number of fused-ring (bicyclic) bond motifs is 2. The smallest absolute Gasteiger partial charge is 0.328 e. The fraction of sp³-hybridized carbons (Fsp3) is 0.650. The van der Waals surface area contributed by atoms with Crippen LogP contribution < -0.4 is 10.6 Å². The number of ether oxygens (including phenoxy) is 1. The molecule has 2 N–H and O–H groups in total. The third-order valence-corrected chi connectivity index (χ3v) is 6.92. The van der Waals surface area contributed by atoms with Crippen molar-refractivity contribution in [3.63, 3.8) is 0 Å². The van der Waals surface area contributed by atoms with E-state index in [0.717, 1.165) is 12.8 Å². The Kier molecular flexibility index (Phi) is 5.06. The highest BCUT2D eigenvalue weighted by Crippen LogP contribution is 2.65. The lowest BCUT2D eigenvalue weighted by atomic mass is 9.69. The summed E-state index contributed by atoms with van der Waals surface area (Å²) in [6.07, 6.45) is 4.65. The SMILES string of the molecule is C[C@H](NC(=O)c1ccco1)C(=O)OCC(=O)N[C@@H]1C[C@H]2CC[C@@]1(C)C2(C)C. The summed E-state index contributed by atoms with van der Waals surface area (Å²) in [5.74, 6) is -0.746. The Morgan fingerprint density at radius 1 is 1.33 bits per heavy atom. The van der Waals surface area contributed by atoms with Crippen LogP contribution in [0.25, 0.3) is 0 Å². The molecule has 4 atom stereocenters. The summed E-state index contributed by atoms with van der Waals surface area (Å²) < 4.78 is 10.0. The first-order valence-electron chi connectivity index (χ1n) is 9.45. The lowest BCUT2D eigenvalue weighted by Crippen LogP contribution is -2.48. The molecule has 2 fully saturated rings. The molecule has 7 heteroatoms. The fourth-order valence-corrected chi connectivity index (χ4v) is 4.65. The van der Waals surface area contributed by atoms with Crippen LogP contribution in [-0.2, 0) is 14.3 Å². The van der Waals surface area contributed by atoms with Gasteiger partial charge in [0, 0.05) is 6.04 Å². The van der Waals surface area contributed by atoms with Gasteiger partial charge in [0.1, 0.15) is 6.04 Å². The molecule has 3 rings (SSSR count). The normalized spacial score (nSPS) is 29.2. The number of hydrogen-bond acceptors (Lipinski definition) is 5. The monoisotopic (exact) mass is 376 g/mol. The number of rotatable bonds is 6. The Morgan fingerprint density at radius 3 is 2.63 bits per heavy atom. The molecule has 7 nitrogen and oxygen atoms in total. The van der Waals surface area contributed by atoms with Gasteiger partial charge in [0.15, 0.2) is 12.4 Å². The van der Waals surface area contributed by atoms with Gasteiger partial charge in [-0.2, -0.15) is 0 Å². The number of furan rings is 1. The molecule has 1 aromatic rings. The van der Waals surface area contributed by atoms with Crippen molar-refractivity contribution in [1.29, 1.82) is 0 Å². The highest BCUT2D eigenvalue weighted by Gasteiger charge is 2.61. The molecule has 2 saturated carbocycles. The van der Waals surface area contributed by atoms with Crippen molar-refractivity contribution in [2.45, 2.75) is 59.0 Å². The second kappa shape index (κ2) is 7.02. The number of hydrogen-bond donors (Lipinski definition) is 2. The largest absolute Gasteiger partial charge is 0.459 e. The standard InChI is InChI=1S/C20H28N2O5/c1-12(21-17(24)14-6-5-9-26-14)18(25)27-11-16(23)22-15-10-13-7-8-20(15,4)19(13,2)3/h5-6,9,12-13,15H,7-8,10-11H2,1-4H3,(H,21,24)(H,22,23)/t12-,13+,15+,20+/m0/s1. The van der Waals surface area contributed by atoms with Crippen LogP contribution in [0.3, 0.4) is 0 Å². The minimum Gasteiger partial charge on any atom is -0.459 e. The van der Waals surface area contributed by atoms with Gasteiger partial charge in [-0.25, -0.2) is 4.79 Å². The molecule has 2 aliphatic rings. The van der Waals surface area contributed by atoms with E-state index in [0.29, 0.717) is 5.92 Å². The van der Waals surface area contributed by atoms with Crippen molar-refractivity contribution in [2.24, 2.45) is 16.7 Å². The van der Waals surface area contributed by atoms with Gasteiger partial charge in [0.25, 0.3) is 11.8 Å². The zero-order chi connectivity index (χ0) is 19.8. The zero-order valence-electron chi connectivity index (χ0n) is 16.3. The molecule has 0 spiro atoms. The quantitative estimate of drug-likeness (QED) is 0.742. The molecule has 0 aromatic carbocycles. The van der Waals surface area contributed by atoms with E-state index in [-0.39, 0.29) is 35.1 Å². The highest BCUT2D eigenvalue weighted by atomic mass is 16.5. The van der Waals surface area contributed by atoms with Gasteiger partial charge in [-0.3, -0.25) is 9.59 Å². The van der Waals surface area contributed by atoms with E-state index in [1.54, 1.807) is 6.07 Å². The lowest BCUT2D eigenvalue weighted by molar-refractivity contribution is -0.150. The van der Waals surface area contributed by atoms with Gasteiger partial charge in [0.05, 0.1) is 6.26 Å². The van der Waals surface area contributed by atoms with Crippen molar-refractivity contribution < 1.29 is 23.5 Å². The number of amides is 2. The van der Waals surface area contributed by atoms with Gasteiger partial charge in [-0.05, 0) is 55.1 Å². The van der Waals surface area contributed by atoms with Gasteiger partial charge in [-0.15, -0.1) is 0 Å². The van der Waals surface area contributed by atoms with E-state index >= 15 is 0 Å². The van der Waals surface area contributed by atoms with Crippen LogP contribution in [0.15, 0.2) is 22.8 Å². The Balaban J connectivity index is 1.45. The van der Waals surface area contributed by atoms with Crippen LogP contribution in [0, 0.1) is 16.7 Å². The van der Waals surface area contributed by atoms with Crippen LogP contribution in [0.4, 0.5) is 0 Å². The highest BCUT2D eigenvalue weighted by molar-refractivity contribution is 5.94. The predicted octanol–water partition coefficient (Wildman–Crippen LogP) is 2.27. The molecule has 2 aliphatic carbocycles. The van der Waals surface area contributed by atoms with E-state index in [9.17, 15) is 14.4 Å². The Bertz CT molecular complexity index is 727. The van der Waals surface area contributed by atoms with Gasteiger partial charge < -0.3 is 19.8 Å². The fourth-order valence-electron chi connectivity index (χ4n) is 4.65. The van der Waals surface area contributed by atoms with Gasteiger partial charge >= 0.3 is 5.97 Å². The first kappa shape index (κ1) is 19.5. The molecule has 2 amide bonds.